The van der Waals surface area contributed by atoms with Crippen molar-refractivity contribution in [1.82, 2.24) is 0 Å². The summed E-state index contributed by atoms with van der Waals surface area (Å²) in [6.45, 7) is 3.79. The van der Waals surface area contributed by atoms with Gasteiger partial charge in [-0.3, -0.25) is 4.79 Å². The second-order valence-corrected chi connectivity index (χ2v) is 4.84. The predicted molar refractivity (Wildman–Crippen MR) is 64.0 cm³/mol. The van der Waals surface area contributed by atoms with E-state index in [4.69, 9.17) is 11.6 Å². The van der Waals surface area contributed by atoms with Gasteiger partial charge in [0.2, 0.25) is 5.24 Å². The Morgan fingerprint density at radius 3 is 2.40 bits per heavy atom. The Morgan fingerprint density at radius 1 is 1.27 bits per heavy atom. The molecule has 2 heteroatoms. The first-order valence-electron chi connectivity index (χ1n) is 5.26. The van der Waals surface area contributed by atoms with Crippen LogP contribution in [0.5, 0.6) is 0 Å². The maximum atomic E-state index is 11.1. The molecule has 0 radical (unpaired) electrons. The van der Waals surface area contributed by atoms with E-state index in [0.29, 0.717) is 0 Å². The number of benzene rings is 1. The number of rotatable bonds is 5. The summed E-state index contributed by atoms with van der Waals surface area (Å²) in [6.07, 6.45) is 2.84. The molecule has 0 bridgehead atoms. The van der Waals surface area contributed by atoms with Crippen molar-refractivity contribution in [3.05, 3.63) is 35.9 Å². The smallest absolute Gasteiger partial charge is 0.227 e. The van der Waals surface area contributed by atoms with Crippen LogP contribution in [0.1, 0.15) is 32.3 Å². The van der Waals surface area contributed by atoms with Crippen LogP contribution >= 0.6 is 11.6 Å². The zero-order chi connectivity index (χ0) is 11.3. The molecule has 1 rings (SSSR count). The van der Waals surface area contributed by atoms with Gasteiger partial charge in [-0.05, 0) is 36.4 Å². The van der Waals surface area contributed by atoms with Crippen molar-refractivity contribution in [2.24, 2.45) is 5.41 Å². The van der Waals surface area contributed by atoms with Gasteiger partial charge < -0.3 is 0 Å². The molecule has 0 saturated carbocycles. The van der Waals surface area contributed by atoms with E-state index in [-0.39, 0.29) is 5.24 Å². The molecule has 0 aromatic heterocycles. The Kier molecular flexibility index (Phi) is 4.34. The van der Waals surface area contributed by atoms with E-state index in [2.05, 4.69) is 12.1 Å². The van der Waals surface area contributed by atoms with E-state index in [1.54, 1.807) is 0 Å². The SMILES string of the molecule is CC(C)(CCCc1ccccc1)C(=O)Cl. The summed E-state index contributed by atoms with van der Waals surface area (Å²) >= 11 is 5.51. The highest BCUT2D eigenvalue weighted by molar-refractivity contribution is 6.64. The second-order valence-electron chi connectivity index (χ2n) is 4.50. The van der Waals surface area contributed by atoms with Crippen LogP contribution in [0, 0.1) is 5.41 Å². The van der Waals surface area contributed by atoms with Crippen LogP contribution < -0.4 is 0 Å². The van der Waals surface area contributed by atoms with Gasteiger partial charge in [0.05, 0.1) is 0 Å². The molecular formula is C13H17ClO. The first-order valence-corrected chi connectivity index (χ1v) is 5.64. The largest absolute Gasteiger partial charge is 0.281 e. The summed E-state index contributed by atoms with van der Waals surface area (Å²) in [7, 11) is 0. The van der Waals surface area contributed by atoms with E-state index in [9.17, 15) is 4.79 Å². The third-order valence-corrected chi connectivity index (χ3v) is 3.15. The summed E-state index contributed by atoms with van der Waals surface area (Å²) in [5.74, 6) is 0. The van der Waals surface area contributed by atoms with Crippen LogP contribution in [0.2, 0.25) is 0 Å². The standard InChI is InChI=1S/C13H17ClO/c1-13(2,12(14)15)10-6-9-11-7-4-3-5-8-11/h3-5,7-8H,6,9-10H2,1-2H3. The molecule has 0 aliphatic carbocycles. The number of hydrogen-bond acceptors (Lipinski definition) is 1. The normalized spacial score (nSPS) is 11.4. The topological polar surface area (TPSA) is 17.1 Å². The summed E-state index contributed by atoms with van der Waals surface area (Å²) < 4.78 is 0. The molecule has 82 valence electrons. The van der Waals surface area contributed by atoms with Crippen molar-refractivity contribution in [3.8, 4) is 0 Å². The van der Waals surface area contributed by atoms with Crippen LogP contribution in [-0.2, 0) is 11.2 Å². The third kappa shape index (κ3) is 4.05. The highest BCUT2D eigenvalue weighted by atomic mass is 35.5. The summed E-state index contributed by atoms with van der Waals surface area (Å²) in [5, 5.41) is -0.240. The monoisotopic (exact) mass is 224 g/mol. The van der Waals surface area contributed by atoms with Gasteiger partial charge in [0.25, 0.3) is 0 Å². The second kappa shape index (κ2) is 5.32. The Balaban J connectivity index is 2.37. The maximum absolute atomic E-state index is 11.1. The average molecular weight is 225 g/mol. The third-order valence-electron chi connectivity index (χ3n) is 2.64. The molecule has 15 heavy (non-hydrogen) atoms. The Bertz CT molecular complexity index is 317. The molecule has 1 aromatic rings. The first kappa shape index (κ1) is 12.3. The molecular weight excluding hydrogens is 208 g/mol. The first-order chi connectivity index (χ1) is 7.02. The van der Waals surface area contributed by atoms with Gasteiger partial charge in [0, 0.05) is 5.41 Å². The lowest BCUT2D eigenvalue weighted by Gasteiger charge is -2.18. The Hall–Kier alpha value is -0.820. The molecule has 0 aliphatic rings. The van der Waals surface area contributed by atoms with Crippen LogP contribution in [-0.4, -0.2) is 5.24 Å². The van der Waals surface area contributed by atoms with Crippen LogP contribution in [0.3, 0.4) is 0 Å². The fourth-order valence-electron chi connectivity index (χ4n) is 1.48. The van der Waals surface area contributed by atoms with E-state index in [1.807, 2.05) is 32.0 Å². The number of carbonyl (C=O) groups excluding carboxylic acids is 1. The summed E-state index contributed by atoms with van der Waals surface area (Å²) in [5.41, 5.74) is 0.923. The minimum atomic E-state index is -0.393. The number of halogens is 1. The highest BCUT2D eigenvalue weighted by Crippen LogP contribution is 2.26. The zero-order valence-corrected chi connectivity index (χ0v) is 10.1. The number of hydrogen-bond donors (Lipinski definition) is 0. The number of aryl methyl sites for hydroxylation is 1. The molecule has 0 heterocycles. The summed E-state index contributed by atoms with van der Waals surface area (Å²) in [6, 6.07) is 10.3. The van der Waals surface area contributed by atoms with Crippen molar-refractivity contribution in [2.75, 3.05) is 0 Å². The van der Waals surface area contributed by atoms with Crippen LogP contribution in [0.25, 0.3) is 0 Å². The van der Waals surface area contributed by atoms with E-state index in [1.165, 1.54) is 5.56 Å². The van der Waals surface area contributed by atoms with E-state index >= 15 is 0 Å². The van der Waals surface area contributed by atoms with Crippen molar-refractivity contribution in [1.29, 1.82) is 0 Å². The molecule has 0 unspecified atom stereocenters. The van der Waals surface area contributed by atoms with Gasteiger partial charge in [-0.15, -0.1) is 0 Å². The molecule has 0 atom stereocenters. The van der Waals surface area contributed by atoms with Crippen molar-refractivity contribution in [2.45, 2.75) is 33.1 Å². The fraction of sp³-hybridized carbons (Fsp3) is 0.462. The number of carbonyl (C=O) groups is 1. The van der Waals surface area contributed by atoms with E-state index < -0.39 is 5.41 Å². The molecule has 0 N–H and O–H groups in total. The van der Waals surface area contributed by atoms with Crippen molar-refractivity contribution in [3.63, 3.8) is 0 Å². The molecule has 0 amide bonds. The minimum Gasteiger partial charge on any atom is -0.281 e. The van der Waals surface area contributed by atoms with E-state index in [0.717, 1.165) is 19.3 Å². The lowest BCUT2D eigenvalue weighted by atomic mass is 9.88. The van der Waals surface area contributed by atoms with Gasteiger partial charge in [0.15, 0.2) is 0 Å². The van der Waals surface area contributed by atoms with Gasteiger partial charge >= 0.3 is 0 Å². The minimum absolute atomic E-state index is 0.240. The fourth-order valence-corrected chi connectivity index (χ4v) is 1.57. The van der Waals surface area contributed by atoms with Crippen molar-refractivity contribution >= 4 is 16.8 Å². The molecule has 0 fully saturated rings. The zero-order valence-electron chi connectivity index (χ0n) is 9.29. The Morgan fingerprint density at radius 2 is 1.87 bits per heavy atom. The van der Waals surface area contributed by atoms with Crippen molar-refractivity contribution < 1.29 is 4.79 Å². The quantitative estimate of drug-likeness (QED) is 0.696. The van der Waals surface area contributed by atoms with Gasteiger partial charge in [0.1, 0.15) is 0 Å². The molecule has 0 spiro atoms. The molecule has 0 saturated heterocycles. The molecule has 1 nitrogen and oxygen atoms in total. The predicted octanol–water partition coefficient (Wildman–Crippen LogP) is 3.80. The Labute approximate surface area is 96.5 Å². The molecule has 1 aromatic carbocycles. The van der Waals surface area contributed by atoms with Gasteiger partial charge in [-0.1, -0.05) is 44.2 Å². The van der Waals surface area contributed by atoms with Crippen LogP contribution in [0.4, 0.5) is 0 Å². The van der Waals surface area contributed by atoms with Gasteiger partial charge in [-0.2, -0.15) is 0 Å². The average Bonchev–Trinajstić information content (AvgIpc) is 2.19. The lowest BCUT2D eigenvalue weighted by molar-refractivity contribution is -0.119. The maximum Gasteiger partial charge on any atom is 0.227 e. The highest BCUT2D eigenvalue weighted by Gasteiger charge is 2.24. The van der Waals surface area contributed by atoms with Crippen LogP contribution in [0.15, 0.2) is 30.3 Å². The van der Waals surface area contributed by atoms with Gasteiger partial charge in [-0.25, -0.2) is 0 Å². The lowest BCUT2D eigenvalue weighted by Crippen LogP contribution is -2.19. The summed E-state index contributed by atoms with van der Waals surface area (Å²) in [4.78, 5) is 11.1. The molecule has 0 aliphatic heterocycles.